The number of carbonyl (C=O) groups is 4. The van der Waals surface area contributed by atoms with E-state index in [0.717, 1.165) is 12.8 Å². The van der Waals surface area contributed by atoms with Gasteiger partial charge in [-0.2, -0.15) is 0 Å². The van der Waals surface area contributed by atoms with Crippen LogP contribution in [0.4, 0.5) is 0 Å². The third kappa shape index (κ3) is 38.4. The summed E-state index contributed by atoms with van der Waals surface area (Å²) in [6, 6.07) is 0. The Balaban J connectivity index is -0.0000000800. The van der Waals surface area contributed by atoms with E-state index in [0.29, 0.717) is 0 Å². The Morgan fingerprint density at radius 2 is 0.750 bits per heavy atom. The maximum Gasteiger partial charge on any atom is 2.00 e. The summed E-state index contributed by atoms with van der Waals surface area (Å²) in [7, 11) is 0. The number of hydrogen-bond donors (Lipinski definition) is 0. The Labute approximate surface area is 106 Å². The molecule has 0 aromatic rings. The first-order valence-corrected chi connectivity index (χ1v) is 3.97. The van der Waals surface area contributed by atoms with Gasteiger partial charge >= 0.3 is 17.1 Å². The minimum absolute atomic E-state index is 0. The summed E-state index contributed by atoms with van der Waals surface area (Å²) >= 11 is 0. The van der Waals surface area contributed by atoms with E-state index in [1.54, 1.807) is 0 Å². The second kappa shape index (κ2) is 13.9. The molecule has 5 nitrogen and oxygen atoms in total. The molecule has 0 spiro atoms. The van der Waals surface area contributed by atoms with Crippen LogP contribution in [0.2, 0.25) is 0 Å². The molecule has 0 aliphatic rings. The van der Waals surface area contributed by atoms with E-state index in [4.69, 9.17) is 0 Å². The standard InChI is InChI=1S/2C5H7O2.Mn.H2O/c2*1-4(6)3-5(2)7;;/h2*3H,1-2H3;;1H2/q2*-1;+2;. The van der Waals surface area contributed by atoms with Crippen LogP contribution < -0.4 is 0 Å². The summed E-state index contributed by atoms with van der Waals surface area (Å²) in [4.78, 5) is 39.9. The molecule has 0 saturated heterocycles. The molecule has 1 radical (unpaired) electrons. The molecule has 93 valence electrons. The van der Waals surface area contributed by atoms with Crippen molar-refractivity contribution < 1.29 is 41.7 Å². The van der Waals surface area contributed by atoms with Crippen molar-refractivity contribution in [1.29, 1.82) is 0 Å². The number of rotatable bonds is 4. The van der Waals surface area contributed by atoms with Gasteiger partial charge in [-0.3, -0.25) is 12.8 Å². The third-order valence-corrected chi connectivity index (χ3v) is 0.813. The van der Waals surface area contributed by atoms with Crippen LogP contribution >= 0.6 is 0 Å². The van der Waals surface area contributed by atoms with Crippen molar-refractivity contribution in [3.05, 3.63) is 12.8 Å². The maximum atomic E-state index is 9.98. The zero-order chi connectivity index (χ0) is 11.7. The van der Waals surface area contributed by atoms with E-state index in [1.165, 1.54) is 27.7 Å². The van der Waals surface area contributed by atoms with Gasteiger partial charge < -0.3 is 24.7 Å². The van der Waals surface area contributed by atoms with E-state index >= 15 is 0 Å². The molecule has 0 aromatic carbocycles. The summed E-state index contributed by atoms with van der Waals surface area (Å²) in [5.41, 5.74) is 0. The molecule has 0 rings (SSSR count). The molecule has 0 amide bonds. The van der Waals surface area contributed by atoms with E-state index in [2.05, 4.69) is 0 Å². The van der Waals surface area contributed by atoms with Crippen molar-refractivity contribution in [3.8, 4) is 0 Å². The quantitative estimate of drug-likeness (QED) is 0.405. The number of hydrogen-bond acceptors (Lipinski definition) is 4. The van der Waals surface area contributed by atoms with E-state index in [-0.39, 0.29) is 45.7 Å². The van der Waals surface area contributed by atoms with Crippen LogP contribution in [0.5, 0.6) is 0 Å². The molecule has 0 bridgehead atoms. The first kappa shape index (κ1) is 24.2. The molecule has 6 heteroatoms. The molecule has 0 fully saturated rings. The van der Waals surface area contributed by atoms with Gasteiger partial charge in [0, 0.05) is 23.1 Å². The fraction of sp³-hybridized carbons (Fsp3) is 0.400. The van der Waals surface area contributed by atoms with Crippen molar-refractivity contribution in [3.63, 3.8) is 0 Å². The van der Waals surface area contributed by atoms with Crippen LogP contribution in [-0.4, -0.2) is 28.6 Å². The van der Waals surface area contributed by atoms with Crippen molar-refractivity contribution in [2.45, 2.75) is 27.7 Å². The topological polar surface area (TPSA) is 99.8 Å². The predicted octanol–water partition coefficient (Wildman–Crippen LogP) is -0.0898. The maximum absolute atomic E-state index is 9.98. The Morgan fingerprint density at radius 3 is 0.750 bits per heavy atom. The van der Waals surface area contributed by atoms with Gasteiger partial charge in [-0.25, -0.2) is 0 Å². The molecule has 2 N–H and O–H groups in total. The van der Waals surface area contributed by atoms with Crippen molar-refractivity contribution in [2.24, 2.45) is 0 Å². The van der Waals surface area contributed by atoms with E-state index < -0.39 is 0 Å². The molecule has 0 aliphatic carbocycles. The average molecular weight is 271 g/mol. The third-order valence-electron chi connectivity index (χ3n) is 0.813. The zero-order valence-electron chi connectivity index (χ0n) is 9.67. The molecule has 0 saturated carbocycles. The summed E-state index contributed by atoms with van der Waals surface area (Å²) in [6.07, 6.45) is 2.11. The van der Waals surface area contributed by atoms with Crippen LogP contribution in [-0.2, 0) is 36.2 Å². The number of ketones is 4. The largest absolute Gasteiger partial charge is 2.00 e. The minimum atomic E-state index is -0.187. The van der Waals surface area contributed by atoms with Crippen molar-refractivity contribution in [2.75, 3.05) is 0 Å². The molecular formula is C10H16MnO5. The van der Waals surface area contributed by atoms with Gasteiger partial charge in [0.25, 0.3) is 0 Å². The molecule has 0 aliphatic heterocycles. The summed E-state index contributed by atoms with van der Waals surface area (Å²) < 4.78 is 0. The number of Topliss-reactive ketones (excluding diaryl/α,β-unsaturated/α-hetero) is 4. The molecule has 0 heterocycles. The first-order chi connectivity index (χ1) is 6.25. The van der Waals surface area contributed by atoms with E-state index in [9.17, 15) is 19.2 Å². The van der Waals surface area contributed by atoms with Crippen LogP contribution in [0.15, 0.2) is 0 Å². The minimum Gasteiger partial charge on any atom is -0.412 e. The van der Waals surface area contributed by atoms with Gasteiger partial charge in [0.15, 0.2) is 0 Å². The fourth-order valence-electron chi connectivity index (χ4n) is 0.572. The Bertz CT molecular complexity index is 198. The van der Waals surface area contributed by atoms with Crippen molar-refractivity contribution >= 4 is 23.1 Å². The SMILES string of the molecule is CC(=O)[CH-]C(C)=O.CC(=O)[CH-]C(C)=O.O.[Mn+2]. The summed E-state index contributed by atoms with van der Waals surface area (Å²) in [5, 5.41) is 0. The van der Waals surface area contributed by atoms with Crippen LogP contribution in [0.1, 0.15) is 27.7 Å². The predicted molar refractivity (Wildman–Crippen MR) is 54.9 cm³/mol. The number of carbonyl (C=O) groups excluding carboxylic acids is 4. The normalized spacial score (nSPS) is 6.75. The van der Waals surface area contributed by atoms with Gasteiger partial charge in [-0.15, -0.1) is 0 Å². The molecule has 0 atom stereocenters. The van der Waals surface area contributed by atoms with Crippen molar-refractivity contribution in [1.82, 2.24) is 0 Å². The first-order valence-electron chi connectivity index (χ1n) is 3.97. The average Bonchev–Trinajstić information content (AvgIpc) is 1.79. The molecular weight excluding hydrogens is 255 g/mol. The van der Waals surface area contributed by atoms with Gasteiger partial charge in [0.1, 0.15) is 0 Å². The van der Waals surface area contributed by atoms with E-state index in [1.807, 2.05) is 0 Å². The molecule has 0 unspecified atom stereocenters. The van der Waals surface area contributed by atoms with Crippen LogP contribution in [0.3, 0.4) is 0 Å². The fourth-order valence-corrected chi connectivity index (χ4v) is 0.572. The van der Waals surface area contributed by atoms with Crippen LogP contribution in [0.25, 0.3) is 0 Å². The van der Waals surface area contributed by atoms with Crippen LogP contribution in [0, 0.1) is 12.8 Å². The van der Waals surface area contributed by atoms with Gasteiger partial charge in [0.2, 0.25) is 0 Å². The summed E-state index contributed by atoms with van der Waals surface area (Å²) in [5.74, 6) is -0.750. The van der Waals surface area contributed by atoms with Gasteiger partial charge in [-0.1, -0.05) is 0 Å². The second-order valence-electron chi connectivity index (χ2n) is 2.73. The zero-order valence-corrected chi connectivity index (χ0v) is 10.8. The molecule has 0 aromatic heterocycles. The molecule has 16 heavy (non-hydrogen) atoms. The summed E-state index contributed by atoms with van der Waals surface area (Å²) in [6.45, 7) is 5.39. The van der Waals surface area contributed by atoms with Gasteiger partial charge in [-0.05, 0) is 27.7 Å². The second-order valence-corrected chi connectivity index (χ2v) is 2.73. The van der Waals surface area contributed by atoms with Gasteiger partial charge in [0.05, 0.1) is 0 Å². The smallest absolute Gasteiger partial charge is 0.412 e. The Hall–Kier alpha value is -1.10. The monoisotopic (exact) mass is 271 g/mol. The Morgan fingerprint density at radius 1 is 0.625 bits per heavy atom. The Kier molecular flexibility index (Phi) is 21.0.